The minimum atomic E-state index is -1.02. The first kappa shape index (κ1) is 13.0. The van der Waals surface area contributed by atoms with Crippen molar-refractivity contribution in [3.63, 3.8) is 0 Å². The summed E-state index contributed by atoms with van der Waals surface area (Å²) < 4.78 is 5.41. The Morgan fingerprint density at radius 2 is 2.21 bits per heavy atom. The van der Waals surface area contributed by atoms with Crippen LogP contribution in [0.15, 0.2) is 30.5 Å². The molecule has 0 aliphatic heterocycles. The molecule has 0 aliphatic carbocycles. The van der Waals surface area contributed by atoms with Gasteiger partial charge in [-0.25, -0.2) is 14.8 Å². The van der Waals surface area contributed by atoms with E-state index >= 15 is 0 Å². The maximum atomic E-state index is 10.9. The number of ether oxygens (including phenoxy) is 1. The number of benzene rings is 1. The predicted octanol–water partition coefficient (Wildman–Crippen LogP) is 2.55. The van der Waals surface area contributed by atoms with Crippen LogP contribution in [-0.4, -0.2) is 27.7 Å². The molecule has 0 saturated heterocycles. The number of aromatic nitrogens is 2. The van der Waals surface area contributed by atoms with Gasteiger partial charge in [-0.3, -0.25) is 0 Å². The van der Waals surface area contributed by atoms with Crippen LogP contribution >= 0.6 is 0 Å². The first-order valence-corrected chi connectivity index (χ1v) is 5.92. The maximum Gasteiger partial charge on any atom is 0.339 e. The highest BCUT2D eigenvalue weighted by atomic mass is 16.5. The molecular weight excluding hydrogens is 244 g/mol. The lowest BCUT2D eigenvalue weighted by Gasteiger charge is -2.06. The average molecular weight is 258 g/mol. The second kappa shape index (κ2) is 5.48. The minimum Gasteiger partial charge on any atom is -0.494 e. The molecule has 1 aromatic carbocycles. The molecule has 98 valence electrons. The third-order valence-electron chi connectivity index (χ3n) is 2.61. The summed E-state index contributed by atoms with van der Waals surface area (Å²) in [6.45, 7) is 4.15. The SMILES string of the molecule is CCOc1cccc(-c2ncc(C(=O)O)c(C)n2)c1. The summed E-state index contributed by atoms with van der Waals surface area (Å²) in [6.07, 6.45) is 1.33. The van der Waals surface area contributed by atoms with E-state index in [1.807, 2.05) is 31.2 Å². The summed E-state index contributed by atoms with van der Waals surface area (Å²) in [5.74, 6) is 0.208. The molecule has 1 N–H and O–H groups in total. The second-order valence-electron chi connectivity index (χ2n) is 3.96. The van der Waals surface area contributed by atoms with E-state index in [-0.39, 0.29) is 5.56 Å². The quantitative estimate of drug-likeness (QED) is 0.912. The molecule has 2 rings (SSSR count). The van der Waals surface area contributed by atoms with Gasteiger partial charge in [-0.15, -0.1) is 0 Å². The van der Waals surface area contributed by atoms with Crippen LogP contribution in [0.2, 0.25) is 0 Å². The Bertz CT molecular complexity index is 611. The highest BCUT2D eigenvalue weighted by molar-refractivity contribution is 5.88. The van der Waals surface area contributed by atoms with Crippen molar-refractivity contribution in [3.8, 4) is 17.1 Å². The van der Waals surface area contributed by atoms with E-state index in [9.17, 15) is 4.79 Å². The highest BCUT2D eigenvalue weighted by Crippen LogP contribution is 2.21. The van der Waals surface area contributed by atoms with Gasteiger partial charge in [0.05, 0.1) is 17.9 Å². The van der Waals surface area contributed by atoms with E-state index in [2.05, 4.69) is 9.97 Å². The lowest BCUT2D eigenvalue weighted by Crippen LogP contribution is -2.04. The van der Waals surface area contributed by atoms with E-state index in [0.29, 0.717) is 18.1 Å². The lowest BCUT2D eigenvalue weighted by atomic mass is 10.2. The monoisotopic (exact) mass is 258 g/mol. The van der Waals surface area contributed by atoms with Gasteiger partial charge in [0.2, 0.25) is 0 Å². The molecule has 0 bridgehead atoms. The number of rotatable bonds is 4. The summed E-state index contributed by atoms with van der Waals surface area (Å²) in [6, 6.07) is 7.39. The molecule has 2 aromatic rings. The van der Waals surface area contributed by atoms with Crippen LogP contribution in [-0.2, 0) is 0 Å². The van der Waals surface area contributed by atoms with Crippen LogP contribution in [0.25, 0.3) is 11.4 Å². The van der Waals surface area contributed by atoms with Gasteiger partial charge in [-0.05, 0) is 26.0 Å². The predicted molar refractivity (Wildman–Crippen MR) is 70.3 cm³/mol. The number of nitrogens with zero attached hydrogens (tertiary/aromatic N) is 2. The molecule has 0 aliphatic rings. The fraction of sp³-hybridized carbons (Fsp3) is 0.214. The maximum absolute atomic E-state index is 10.9. The van der Waals surface area contributed by atoms with Crippen molar-refractivity contribution in [1.29, 1.82) is 0 Å². The molecule has 5 heteroatoms. The van der Waals surface area contributed by atoms with E-state index in [4.69, 9.17) is 9.84 Å². The van der Waals surface area contributed by atoms with Gasteiger partial charge in [0, 0.05) is 11.8 Å². The van der Waals surface area contributed by atoms with E-state index in [0.717, 1.165) is 11.3 Å². The summed E-state index contributed by atoms with van der Waals surface area (Å²) in [5.41, 5.74) is 1.36. The van der Waals surface area contributed by atoms with Crippen LogP contribution in [0, 0.1) is 6.92 Å². The number of hydrogen-bond acceptors (Lipinski definition) is 4. The first-order valence-electron chi connectivity index (χ1n) is 5.92. The fourth-order valence-corrected chi connectivity index (χ4v) is 1.71. The minimum absolute atomic E-state index is 0.115. The molecule has 0 atom stereocenters. The summed E-state index contributed by atoms with van der Waals surface area (Å²) in [7, 11) is 0. The Balaban J connectivity index is 2.39. The summed E-state index contributed by atoms with van der Waals surface area (Å²) >= 11 is 0. The Morgan fingerprint density at radius 3 is 2.84 bits per heavy atom. The first-order chi connectivity index (χ1) is 9.11. The number of carboxylic acid groups (broad SMARTS) is 1. The van der Waals surface area contributed by atoms with Gasteiger partial charge in [0.25, 0.3) is 0 Å². The van der Waals surface area contributed by atoms with Gasteiger partial charge in [0.15, 0.2) is 5.82 Å². The molecule has 19 heavy (non-hydrogen) atoms. The zero-order valence-corrected chi connectivity index (χ0v) is 10.8. The molecular formula is C14H14N2O3. The van der Waals surface area contributed by atoms with Crippen molar-refractivity contribution in [2.75, 3.05) is 6.61 Å². The van der Waals surface area contributed by atoms with E-state index in [1.165, 1.54) is 6.20 Å². The molecule has 1 aromatic heterocycles. The molecule has 0 amide bonds. The summed E-state index contributed by atoms with van der Waals surface area (Å²) in [4.78, 5) is 19.2. The van der Waals surface area contributed by atoms with Crippen molar-refractivity contribution in [3.05, 3.63) is 41.7 Å². The van der Waals surface area contributed by atoms with Gasteiger partial charge in [0.1, 0.15) is 5.75 Å². The fourth-order valence-electron chi connectivity index (χ4n) is 1.71. The molecule has 0 unspecified atom stereocenters. The van der Waals surface area contributed by atoms with Crippen molar-refractivity contribution >= 4 is 5.97 Å². The van der Waals surface area contributed by atoms with Crippen molar-refractivity contribution in [1.82, 2.24) is 9.97 Å². The average Bonchev–Trinajstić information content (AvgIpc) is 2.39. The normalized spacial score (nSPS) is 10.2. The van der Waals surface area contributed by atoms with Crippen LogP contribution < -0.4 is 4.74 Å². The second-order valence-corrected chi connectivity index (χ2v) is 3.96. The topological polar surface area (TPSA) is 72.3 Å². The number of aryl methyl sites for hydroxylation is 1. The Hall–Kier alpha value is -2.43. The smallest absolute Gasteiger partial charge is 0.339 e. The van der Waals surface area contributed by atoms with Gasteiger partial charge < -0.3 is 9.84 Å². The van der Waals surface area contributed by atoms with Crippen molar-refractivity contribution in [2.45, 2.75) is 13.8 Å². The van der Waals surface area contributed by atoms with Crippen LogP contribution in [0.3, 0.4) is 0 Å². The highest BCUT2D eigenvalue weighted by Gasteiger charge is 2.11. The summed E-state index contributed by atoms with van der Waals surface area (Å²) in [5, 5.41) is 8.94. The number of carboxylic acids is 1. The van der Waals surface area contributed by atoms with Crippen molar-refractivity contribution < 1.29 is 14.6 Å². The van der Waals surface area contributed by atoms with Gasteiger partial charge >= 0.3 is 5.97 Å². The number of hydrogen-bond donors (Lipinski definition) is 1. The van der Waals surface area contributed by atoms with Crippen molar-refractivity contribution in [2.24, 2.45) is 0 Å². The largest absolute Gasteiger partial charge is 0.494 e. The standard InChI is InChI=1S/C14H14N2O3/c1-3-19-11-6-4-5-10(7-11)13-15-8-12(14(17)18)9(2)16-13/h4-8H,3H2,1-2H3,(H,17,18). The third kappa shape index (κ3) is 2.88. The van der Waals surface area contributed by atoms with Crippen LogP contribution in [0.4, 0.5) is 0 Å². The Kier molecular flexibility index (Phi) is 3.75. The molecule has 1 heterocycles. The van der Waals surface area contributed by atoms with Gasteiger partial charge in [-0.2, -0.15) is 0 Å². The van der Waals surface area contributed by atoms with E-state index < -0.39 is 5.97 Å². The lowest BCUT2D eigenvalue weighted by molar-refractivity contribution is 0.0695. The number of aromatic carboxylic acids is 1. The molecule has 5 nitrogen and oxygen atoms in total. The molecule has 0 fully saturated rings. The van der Waals surface area contributed by atoms with Gasteiger partial charge in [-0.1, -0.05) is 12.1 Å². The third-order valence-corrected chi connectivity index (χ3v) is 2.61. The zero-order chi connectivity index (χ0) is 13.8. The van der Waals surface area contributed by atoms with E-state index in [1.54, 1.807) is 6.92 Å². The Morgan fingerprint density at radius 1 is 1.42 bits per heavy atom. The number of carbonyl (C=O) groups is 1. The Labute approximate surface area is 110 Å². The molecule has 0 radical (unpaired) electrons. The molecule has 0 saturated carbocycles. The molecule has 0 spiro atoms. The van der Waals surface area contributed by atoms with Crippen LogP contribution in [0.5, 0.6) is 5.75 Å². The zero-order valence-electron chi connectivity index (χ0n) is 10.8. The van der Waals surface area contributed by atoms with Crippen LogP contribution in [0.1, 0.15) is 23.0 Å².